The molecule has 0 bridgehead atoms. The number of aliphatic hydroxyl groups is 1. The van der Waals surface area contributed by atoms with Crippen molar-refractivity contribution in [2.75, 3.05) is 18.0 Å². The van der Waals surface area contributed by atoms with Crippen molar-refractivity contribution in [1.29, 1.82) is 0 Å². The molecule has 1 N–H and O–H groups in total. The zero-order valence-corrected chi connectivity index (χ0v) is 10.6. The van der Waals surface area contributed by atoms with Crippen LogP contribution in [0.15, 0.2) is 30.6 Å². The summed E-state index contributed by atoms with van der Waals surface area (Å²) in [5.74, 6) is 1.06. The number of fused-ring (bicyclic) bond motifs is 1. The molecule has 4 nitrogen and oxygen atoms in total. The second-order valence-electron chi connectivity index (χ2n) is 4.87. The molecule has 4 heteroatoms. The Kier molecular flexibility index (Phi) is 3.07. The molecule has 2 aromatic rings. The van der Waals surface area contributed by atoms with E-state index in [2.05, 4.69) is 16.8 Å². The van der Waals surface area contributed by atoms with Crippen LogP contribution >= 0.6 is 0 Å². The third-order valence-electron chi connectivity index (χ3n) is 2.69. The largest absolute Gasteiger partial charge is 0.389 e. The molecular formula is C13H19N3O. The summed E-state index contributed by atoms with van der Waals surface area (Å²) >= 11 is 0. The molecule has 0 saturated heterocycles. The van der Waals surface area contributed by atoms with Crippen LogP contribution in [0.3, 0.4) is 0 Å². The van der Waals surface area contributed by atoms with Crippen LogP contribution in [0.5, 0.6) is 0 Å². The van der Waals surface area contributed by atoms with E-state index in [4.69, 9.17) is 0 Å². The molecule has 2 aromatic heterocycles. The number of rotatable bonds is 4. The van der Waals surface area contributed by atoms with Gasteiger partial charge in [0.05, 0.1) is 5.60 Å². The summed E-state index contributed by atoms with van der Waals surface area (Å²) in [7, 11) is 0. The molecule has 0 saturated carbocycles. The minimum absolute atomic E-state index is 0.598. The molecule has 0 aliphatic rings. The number of hydrogen-bond acceptors (Lipinski definition) is 3. The highest BCUT2D eigenvalue weighted by Crippen LogP contribution is 2.18. The lowest BCUT2D eigenvalue weighted by atomic mass is 10.1. The fourth-order valence-corrected chi connectivity index (χ4v) is 2.01. The van der Waals surface area contributed by atoms with Gasteiger partial charge < -0.3 is 10.0 Å². The Morgan fingerprint density at radius 1 is 1.41 bits per heavy atom. The molecular weight excluding hydrogens is 214 g/mol. The summed E-state index contributed by atoms with van der Waals surface area (Å²) in [4.78, 5) is 6.41. The lowest BCUT2D eigenvalue weighted by Gasteiger charge is -2.30. The van der Waals surface area contributed by atoms with E-state index < -0.39 is 5.60 Å². The maximum atomic E-state index is 9.94. The van der Waals surface area contributed by atoms with Crippen LogP contribution in [0.25, 0.3) is 5.65 Å². The third kappa shape index (κ3) is 2.58. The number of pyridine rings is 1. The first-order chi connectivity index (χ1) is 8.01. The molecule has 2 rings (SSSR count). The Morgan fingerprint density at radius 2 is 2.18 bits per heavy atom. The molecule has 0 aliphatic heterocycles. The molecule has 0 amide bonds. The zero-order valence-electron chi connectivity index (χ0n) is 10.6. The number of imidazole rings is 1. The first-order valence-corrected chi connectivity index (χ1v) is 5.90. The predicted octanol–water partition coefficient (Wildman–Crippen LogP) is 1.93. The third-order valence-corrected chi connectivity index (χ3v) is 2.69. The monoisotopic (exact) mass is 233 g/mol. The number of nitrogens with zero attached hydrogens (tertiary/aromatic N) is 3. The summed E-state index contributed by atoms with van der Waals surface area (Å²) in [5.41, 5.74) is 0.218. The summed E-state index contributed by atoms with van der Waals surface area (Å²) in [6.07, 6.45) is 3.73. The molecule has 0 atom stereocenters. The van der Waals surface area contributed by atoms with Crippen LogP contribution in [0.4, 0.5) is 5.82 Å². The Bertz CT molecular complexity index is 499. The summed E-state index contributed by atoms with van der Waals surface area (Å²) in [5, 5.41) is 9.94. The predicted molar refractivity (Wildman–Crippen MR) is 69.4 cm³/mol. The number of aromatic nitrogens is 2. The highest BCUT2D eigenvalue weighted by Gasteiger charge is 2.18. The van der Waals surface area contributed by atoms with E-state index in [1.165, 1.54) is 0 Å². The summed E-state index contributed by atoms with van der Waals surface area (Å²) in [6, 6.07) is 6.01. The van der Waals surface area contributed by atoms with Crippen molar-refractivity contribution in [2.24, 2.45) is 0 Å². The molecule has 0 fully saturated rings. The standard InChI is InChI=1S/C13H19N3O/c1-4-15(10-13(2,3)17)12-7-5-6-11-14-8-9-16(11)12/h5-9,17H,4,10H2,1-3H3. The number of hydrogen-bond donors (Lipinski definition) is 1. The molecule has 0 aliphatic carbocycles. The van der Waals surface area contributed by atoms with E-state index in [-0.39, 0.29) is 0 Å². The van der Waals surface area contributed by atoms with Crippen LogP contribution in [0.1, 0.15) is 20.8 Å². The Morgan fingerprint density at radius 3 is 2.82 bits per heavy atom. The second-order valence-corrected chi connectivity index (χ2v) is 4.87. The molecule has 0 aromatic carbocycles. The van der Waals surface area contributed by atoms with Gasteiger partial charge in [0.2, 0.25) is 0 Å². The van der Waals surface area contributed by atoms with Gasteiger partial charge in [-0.1, -0.05) is 6.07 Å². The lowest BCUT2D eigenvalue weighted by Crippen LogP contribution is -2.39. The quantitative estimate of drug-likeness (QED) is 0.877. The maximum absolute atomic E-state index is 9.94. The Hall–Kier alpha value is -1.55. The fraction of sp³-hybridized carbons (Fsp3) is 0.462. The zero-order chi connectivity index (χ0) is 12.5. The van der Waals surface area contributed by atoms with Gasteiger partial charge in [0.1, 0.15) is 11.5 Å². The second kappa shape index (κ2) is 4.37. The van der Waals surface area contributed by atoms with Gasteiger partial charge in [-0.05, 0) is 32.9 Å². The maximum Gasteiger partial charge on any atom is 0.138 e. The lowest BCUT2D eigenvalue weighted by molar-refractivity contribution is 0.0874. The van der Waals surface area contributed by atoms with E-state index in [0.717, 1.165) is 18.0 Å². The van der Waals surface area contributed by atoms with Crippen LogP contribution in [0, 0.1) is 0 Å². The Labute approximate surface area is 102 Å². The van der Waals surface area contributed by atoms with Crippen molar-refractivity contribution in [3.8, 4) is 0 Å². The minimum Gasteiger partial charge on any atom is -0.389 e. The van der Waals surface area contributed by atoms with E-state index in [1.54, 1.807) is 6.20 Å². The molecule has 2 heterocycles. The van der Waals surface area contributed by atoms with Crippen molar-refractivity contribution in [2.45, 2.75) is 26.4 Å². The SMILES string of the molecule is CCN(CC(C)(C)O)c1cccc2nccn12. The van der Waals surface area contributed by atoms with Crippen molar-refractivity contribution in [3.63, 3.8) is 0 Å². The normalized spacial score (nSPS) is 12.0. The summed E-state index contributed by atoms with van der Waals surface area (Å²) < 4.78 is 2.04. The summed E-state index contributed by atoms with van der Waals surface area (Å²) in [6.45, 7) is 7.18. The number of anilines is 1. The molecule has 92 valence electrons. The average molecular weight is 233 g/mol. The van der Waals surface area contributed by atoms with E-state index in [9.17, 15) is 5.11 Å². The van der Waals surface area contributed by atoms with Crippen LogP contribution < -0.4 is 4.90 Å². The Balaban J connectivity index is 2.39. The van der Waals surface area contributed by atoms with Crippen molar-refractivity contribution >= 4 is 11.5 Å². The van der Waals surface area contributed by atoms with Crippen LogP contribution in [-0.4, -0.2) is 33.2 Å². The van der Waals surface area contributed by atoms with Gasteiger partial charge in [-0.15, -0.1) is 0 Å². The van der Waals surface area contributed by atoms with Crippen molar-refractivity contribution in [3.05, 3.63) is 30.6 Å². The molecule has 0 radical (unpaired) electrons. The van der Waals surface area contributed by atoms with Gasteiger partial charge in [-0.3, -0.25) is 4.40 Å². The van der Waals surface area contributed by atoms with Gasteiger partial charge in [-0.2, -0.15) is 0 Å². The molecule has 0 unspecified atom stereocenters. The highest BCUT2D eigenvalue weighted by atomic mass is 16.3. The van der Waals surface area contributed by atoms with E-state index in [0.29, 0.717) is 6.54 Å². The topological polar surface area (TPSA) is 40.8 Å². The van der Waals surface area contributed by atoms with Crippen LogP contribution in [0.2, 0.25) is 0 Å². The highest BCUT2D eigenvalue weighted by molar-refractivity contribution is 5.51. The van der Waals surface area contributed by atoms with Gasteiger partial charge >= 0.3 is 0 Å². The fourth-order valence-electron chi connectivity index (χ4n) is 2.01. The van der Waals surface area contributed by atoms with Crippen molar-refractivity contribution < 1.29 is 5.11 Å². The van der Waals surface area contributed by atoms with Crippen molar-refractivity contribution in [1.82, 2.24) is 9.38 Å². The smallest absolute Gasteiger partial charge is 0.138 e. The number of likely N-dealkylation sites (N-methyl/N-ethyl adjacent to an activating group) is 1. The molecule has 0 spiro atoms. The van der Waals surface area contributed by atoms with E-state index in [1.807, 2.05) is 42.6 Å². The first-order valence-electron chi connectivity index (χ1n) is 5.90. The van der Waals surface area contributed by atoms with Crippen LogP contribution in [-0.2, 0) is 0 Å². The van der Waals surface area contributed by atoms with E-state index >= 15 is 0 Å². The van der Waals surface area contributed by atoms with Gasteiger partial charge in [0, 0.05) is 25.5 Å². The first kappa shape index (κ1) is 11.9. The molecule has 17 heavy (non-hydrogen) atoms. The minimum atomic E-state index is -0.710. The van der Waals surface area contributed by atoms with Gasteiger partial charge in [0.25, 0.3) is 0 Å². The van der Waals surface area contributed by atoms with Gasteiger partial charge in [0.15, 0.2) is 0 Å². The average Bonchev–Trinajstić information content (AvgIpc) is 2.72. The van der Waals surface area contributed by atoms with Gasteiger partial charge in [-0.25, -0.2) is 4.98 Å².